The normalized spacial score (nSPS) is 13.1. The molecule has 0 fully saturated rings. The largest absolute Gasteiger partial charge is 0.224 e. The van der Waals surface area contributed by atoms with Crippen LogP contribution in [0.15, 0.2) is 41.3 Å². The molecule has 0 radical (unpaired) electrons. The van der Waals surface area contributed by atoms with Crippen LogP contribution in [0.5, 0.6) is 0 Å². The second kappa shape index (κ2) is 6.76. The Bertz CT molecular complexity index is 883. The third-order valence-electron chi connectivity index (χ3n) is 4.56. The quantitative estimate of drug-likeness (QED) is 0.732. The molecule has 0 heterocycles. The minimum atomic E-state index is -3.25. The number of halogens is 2. The molecule has 0 atom stereocenters. The van der Waals surface area contributed by atoms with E-state index in [1.165, 1.54) is 12.1 Å². The Balaban J connectivity index is 2.35. The van der Waals surface area contributed by atoms with Crippen molar-refractivity contribution < 1.29 is 17.2 Å². The maximum Gasteiger partial charge on any atom is 0.175 e. The average molecular weight is 381 g/mol. The molecule has 0 saturated carbocycles. The van der Waals surface area contributed by atoms with Crippen LogP contribution in [0.3, 0.4) is 0 Å². The summed E-state index contributed by atoms with van der Waals surface area (Å²) in [6, 6.07) is 9.44. The fourth-order valence-corrected chi connectivity index (χ4v) is 3.84. The van der Waals surface area contributed by atoms with Gasteiger partial charge in [-0.3, -0.25) is 0 Å². The van der Waals surface area contributed by atoms with Crippen molar-refractivity contribution >= 4 is 9.84 Å². The highest BCUT2D eigenvalue weighted by atomic mass is 32.2. The average Bonchev–Trinajstić information content (AvgIpc) is 2.43. The first-order valence-electron chi connectivity index (χ1n) is 8.51. The highest BCUT2D eigenvalue weighted by Crippen LogP contribution is 2.32. The molecule has 2 rings (SSSR count). The minimum Gasteiger partial charge on any atom is -0.224 e. The van der Waals surface area contributed by atoms with E-state index < -0.39 is 32.3 Å². The van der Waals surface area contributed by atoms with Gasteiger partial charge in [-0.05, 0) is 52.6 Å². The summed E-state index contributed by atoms with van der Waals surface area (Å²) in [5.74, 6) is -1.06. The SMILES string of the molecule is CC(C)(C)c1c(F)cc(CC(C)(C)c2ccc(S(C)(=O)=O)cc2)cc1F. The number of benzene rings is 2. The van der Waals surface area contributed by atoms with Crippen LogP contribution in [0.1, 0.15) is 51.3 Å². The summed E-state index contributed by atoms with van der Waals surface area (Å²) in [6.07, 6.45) is 1.60. The molecule has 0 aliphatic heterocycles. The topological polar surface area (TPSA) is 34.1 Å². The summed E-state index contributed by atoms with van der Waals surface area (Å²) < 4.78 is 52.1. The Morgan fingerprint density at radius 1 is 0.885 bits per heavy atom. The van der Waals surface area contributed by atoms with Gasteiger partial charge in [-0.15, -0.1) is 0 Å². The summed E-state index contributed by atoms with van der Waals surface area (Å²) in [6.45, 7) is 9.27. The van der Waals surface area contributed by atoms with Crippen molar-refractivity contribution in [3.05, 3.63) is 64.7 Å². The first-order valence-corrected chi connectivity index (χ1v) is 10.4. The molecule has 0 amide bonds. The van der Waals surface area contributed by atoms with Crippen LogP contribution in [0.2, 0.25) is 0 Å². The van der Waals surface area contributed by atoms with Gasteiger partial charge in [0.1, 0.15) is 11.6 Å². The van der Waals surface area contributed by atoms with Gasteiger partial charge >= 0.3 is 0 Å². The van der Waals surface area contributed by atoms with E-state index in [-0.39, 0.29) is 10.5 Å². The lowest BCUT2D eigenvalue weighted by Crippen LogP contribution is -2.22. The van der Waals surface area contributed by atoms with Gasteiger partial charge in [0.05, 0.1) is 4.90 Å². The molecular weight excluding hydrogens is 354 g/mol. The zero-order valence-corrected chi connectivity index (χ0v) is 17.0. The zero-order chi connectivity index (χ0) is 19.9. The standard InChI is InChI=1S/C21H26F2O2S/c1-20(2,3)19-17(22)11-14(12-18(19)23)13-21(4,5)15-7-9-16(10-8-15)26(6,24)25/h7-12H,13H2,1-6H3. The molecular formula is C21H26F2O2S. The molecule has 0 unspecified atom stereocenters. The maximum absolute atomic E-state index is 14.5. The summed E-state index contributed by atoms with van der Waals surface area (Å²) >= 11 is 0. The summed E-state index contributed by atoms with van der Waals surface area (Å²) in [4.78, 5) is 0.253. The molecule has 2 nitrogen and oxygen atoms in total. The van der Waals surface area contributed by atoms with Gasteiger partial charge in [0.2, 0.25) is 0 Å². The predicted molar refractivity (Wildman–Crippen MR) is 101 cm³/mol. The van der Waals surface area contributed by atoms with Gasteiger partial charge in [-0.2, -0.15) is 0 Å². The number of sulfone groups is 1. The molecule has 0 aliphatic rings. The first-order chi connectivity index (χ1) is 11.7. The minimum absolute atomic E-state index is 0.0940. The van der Waals surface area contributed by atoms with Gasteiger partial charge in [0, 0.05) is 11.8 Å². The van der Waals surface area contributed by atoms with Crippen LogP contribution in [-0.4, -0.2) is 14.7 Å². The van der Waals surface area contributed by atoms with Gasteiger partial charge in [0.25, 0.3) is 0 Å². The fraction of sp³-hybridized carbons (Fsp3) is 0.429. The molecule has 0 bridgehead atoms. The van der Waals surface area contributed by atoms with Crippen LogP contribution in [0.25, 0.3) is 0 Å². The first kappa shape index (κ1) is 20.6. The summed E-state index contributed by atoms with van der Waals surface area (Å²) in [5, 5.41) is 0. The lowest BCUT2D eigenvalue weighted by atomic mass is 9.78. The van der Waals surface area contributed by atoms with E-state index in [9.17, 15) is 17.2 Å². The summed E-state index contributed by atoms with van der Waals surface area (Å²) in [5.41, 5.74) is 0.564. The lowest BCUT2D eigenvalue weighted by molar-refractivity contribution is 0.468. The molecule has 26 heavy (non-hydrogen) atoms. The van der Waals surface area contributed by atoms with E-state index in [0.29, 0.717) is 12.0 Å². The molecule has 0 spiro atoms. The van der Waals surface area contributed by atoms with Gasteiger partial charge in [0.15, 0.2) is 9.84 Å². The third kappa shape index (κ3) is 4.50. The Kier molecular flexibility index (Phi) is 5.35. The van der Waals surface area contributed by atoms with Crippen LogP contribution < -0.4 is 0 Å². The Morgan fingerprint density at radius 2 is 1.35 bits per heavy atom. The highest BCUT2D eigenvalue weighted by Gasteiger charge is 2.26. The van der Waals surface area contributed by atoms with Crippen molar-refractivity contribution in [2.75, 3.05) is 6.26 Å². The highest BCUT2D eigenvalue weighted by molar-refractivity contribution is 7.90. The van der Waals surface area contributed by atoms with Crippen LogP contribution >= 0.6 is 0 Å². The van der Waals surface area contributed by atoms with Crippen molar-refractivity contribution in [3.63, 3.8) is 0 Å². The van der Waals surface area contributed by atoms with Gasteiger partial charge in [-0.25, -0.2) is 17.2 Å². The fourth-order valence-electron chi connectivity index (χ4n) is 3.21. The van der Waals surface area contributed by atoms with Crippen LogP contribution in [0.4, 0.5) is 8.78 Å². The molecule has 0 aliphatic carbocycles. The van der Waals surface area contributed by atoms with Gasteiger partial charge in [-0.1, -0.05) is 46.8 Å². The van der Waals surface area contributed by atoms with Crippen molar-refractivity contribution in [3.8, 4) is 0 Å². The van der Waals surface area contributed by atoms with Crippen LogP contribution in [-0.2, 0) is 27.1 Å². The summed E-state index contributed by atoms with van der Waals surface area (Å²) in [7, 11) is -3.25. The van der Waals surface area contributed by atoms with E-state index in [2.05, 4.69) is 0 Å². The molecule has 2 aromatic rings. The number of hydrogen-bond donors (Lipinski definition) is 0. The van der Waals surface area contributed by atoms with Crippen molar-refractivity contribution in [2.45, 2.75) is 56.8 Å². The van der Waals surface area contributed by atoms with Crippen molar-refractivity contribution in [2.24, 2.45) is 0 Å². The number of rotatable bonds is 4. The molecule has 142 valence electrons. The Hall–Kier alpha value is -1.75. The molecule has 0 N–H and O–H groups in total. The zero-order valence-electron chi connectivity index (χ0n) is 16.2. The predicted octanol–water partition coefficient (Wildman–Crippen LogP) is 5.19. The van der Waals surface area contributed by atoms with E-state index in [0.717, 1.165) is 11.8 Å². The van der Waals surface area contributed by atoms with Crippen molar-refractivity contribution in [1.82, 2.24) is 0 Å². The molecule has 0 saturated heterocycles. The third-order valence-corrected chi connectivity index (χ3v) is 5.69. The number of hydrogen-bond acceptors (Lipinski definition) is 2. The smallest absolute Gasteiger partial charge is 0.175 e. The Morgan fingerprint density at radius 3 is 1.73 bits per heavy atom. The maximum atomic E-state index is 14.5. The second-order valence-corrected chi connectivity index (χ2v) is 10.6. The molecule has 0 aromatic heterocycles. The van der Waals surface area contributed by atoms with Crippen LogP contribution in [0, 0.1) is 11.6 Å². The second-order valence-electron chi connectivity index (χ2n) is 8.54. The van der Waals surface area contributed by atoms with Crippen molar-refractivity contribution in [1.29, 1.82) is 0 Å². The van der Waals surface area contributed by atoms with E-state index in [1.54, 1.807) is 45.0 Å². The Labute approximate surface area is 155 Å². The molecule has 2 aromatic carbocycles. The van der Waals surface area contributed by atoms with E-state index in [4.69, 9.17) is 0 Å². The van der Waals surface area contributed by atoms with Gasteiger partial charge < -0.3 is 0 Å². The lowest BCUT2D eigenvalue weighted by Gasteiger charge is -2.27. The monoisotopic (exact) mass is 380 g/mol. The van der Waals surface area contributed by atoms with E-state index in [1.807, 2.05) is 13.8 Å². The molecule has 5 heteroatoms. The van der Waals surface area contributed by atoms with E-state index >= 15 is 0 Å².